The van der Waals surface area contributed by atoms with Crippen LogP contribution in [0.4, 0.5) is 0 Å². The highest BCUT2D eigenvalue weighted by Crippen LogP contribution is 2.09. The second kappa shape index (κ2) is 22.3. The topological polar surface area (TPSA) is 41.1 Å². The summed E-state index contributed by atoms with van der Waals surface area (Å²) in [5.41, 5.74) is 0. The van der Waals surface area contributed by atoms with Crippen LogP contribution in [0.25, 0.3) is 0 Å². The first-order valence-corrected chi connectivity index (χ1v) is 13.4. The lowest BCUT2D eigenvalue weighted by Crippen LogP contribution is -2.37. The molecule has 1 amide bonds. The van der Waals surface area contributed by atoms with Crippen molar-refractivity contribution in [2.45, 2.75) is 110 Å². The van der Waals surface area contributed by atoms with Gasteiger partial charge in [-0.3, -0.25) is 4.79 Å². The van der Waals surface area contributed by atoms with Crippen molar-refractivity contribution in [1.29, 1.82) is 0 Å². The smallest absolute Gasteiger partial charge is 0.221 e. The Balaban J connectivity index is 3.21. The van der Waals surface area contributed by atoms with Gasteiger partial charge < -0.3 is 15.1 Å². The van der Waals surface area contributed by atoms with E-state index in [1.54, 1.807) is 0 Å². The number of quaternary nitrogens is 1. The Hall–Kier alpha value is -0.870. The molecule has 0 rings (SSSR count). The molecule has 2 N–H and O–H groups in total. The fourth-order valence-corrected chi connectivity index (χ4v) is 3.69. The van der Waals surface area contributed by atoms with Crippen molar-refractivity contribution in [3.05, 3.63) is 12.2 Å². The van der Waals surface area contributed by atoms with E-state index in [4.69, 9.17) is 0 Å². The monoisotopic (exact) mass is 438 g/mol. The summed E-state index contributed by atoms with van der Waals surface area (Å²) in [5.74, 6) is 0.176. The number of allylic oxidation sites excluding steroid dienone is 2. The molecule has 31 heavy (non-hydrogen) atoms. The Labute approximate surface area is 195 Å². The summed E-state index contributed by atoms with van der Waals surface area (Å²) in [4.78, 5) is 11.8. The average molecular weight is 439 g/mol. The first-order valence-electron chi connectivity index (χ1n) is 13.4. The van der Waals surface area contributed by atoms with Gasteiger partial charge in [-0.05, 0) is 38.6 Å². The molecule has 0 radical (unpaired) electrons. The first-order chi connectivity index (χ1) is 15.0. The zero-order valence-corrected chi connectivity index (χ0v) is 21.7. The number of amides is 1. The molecule has 0 aliphatic carbocycles. The first kappa shape index (κ1) is 30.1. The molecular weight excluding hydrogens is 382 g/mol. The van der Waals surface area contributed by atoms with Crippen molar-refractivity contribution in [3.8, 4) is 0 Å². The second-order valence-corrected chi connectivity index (χ2v) is 10.2. The quantitative estimate of drug-likeness (QED) is 0.113. The van der Waals surface area contributed by atoms with Gasteiger partial charge in [-0.15, -0.1) is 0 Å². The predicted molar refractivity (Wildman–Crippen MR) is 137 cm³/mol. The van der Waals surface area contributed by atoms with Gasteiger partial charge in [0.25, 0.3) is 0 Å². The van der Waals surface area contributed by atoms with Gasteiger partial charge in [0.15, 0.2) is 0 Å². The van der Waals surface area contributed by atoms with E-state index in [9.17, 15) is 4.79 Å². The van der Waals surface area contributed by atoms with Crippen molar-refractivity contribution in [1.82, 2.24) is 10.6 Å². The third kappa shape index (κ3) is 27.1. The molecule has 4 nitrogen and oxygen atoms in total. The molecular formula is C27H56N3O+. The third-order valence-electron chi connectivity index (χ3n) is 5.72. The molecule has 0 aromatic carbocycles. The Morgan fingerprint density at radius 1 is 0.677 bits per heavy atom. The van der Waals surface area contributed by atoms with Crippen LogP contribution < -0.4 is 10.6 Å². The van der Waals surface area contributed by atoms with Crippen LogP contribution in [0.1, 0.15) is 110 Å². The van der Waals surface area contributed by atoms with Crippen LogP contribution in [-0.4, -0.2) is 57.7 Å². The molecule has 0 bridgehead atoms. The van der Waals surface area contributed by atoms with Crippen molar-refractivity contribution < 1.29 is 9.28 Å². The second-order valence-electron chi connectivity index (χ2n) is 10.2. The van der Waals surface area contributed by atoms with E-state index in [0.29, 0.717) is 6.42 Å². The number of hydrogen-bond donors (Lipinski definition) is 2. The van der Waals surface area contributed by atoms with Crippen LogP contribution in [0.2, 0.25) is 0 Å². The van der Waals surface area contributed by atoms with E-state index in [-0.39, 0.29) is 5.91 Å². The molecule has 0 saturated heterocycles. The van der Waals surface area contributed by atoms with Crippen molar-refractivity contribution >= 4 is 5.91 Å². The summed E-state index contributed by atoms with van der Waals surface area (Å²) >= 11 is 0. The molecule has 0 spiro atoms. The Morgan fingerprint density at radius 2 is 1.23 bits per heavy atom. The lowest BCUT2D eigenvalue weighted by molar-refractivity contribution is -0.870. The van der Waals surface area contributed by atoms with Gasteiger partial charge in [-0.2, -0.15) is 0 Å². The van der Waals surface area contributed by atoms with Crippen LogP contribution in [0.15, 0.2) is 12.2 Å². The molecule has 0 saturated carbocycles. The maximum absolute atomic E-state index is 11.8. The summed E-state index contributed by atoms with van der Waals surface area (Å²) in [6.45, 7) is 6.00. The van der Waals surface area contributed by atoms with Crippen molar-refractivity contribution in [2.24, 2.45) is 0 Å². The lowest BCUT2D eigenvalue weighted by Gasteiger charge is -2.23. The number of carbonyl (C=O) groups is 1. The fourth-order valence-electron chi connectivity index (χ4n) is 3.69. The van der Waals surface area contributed by atoms with Gasteiger partial charge in [-0.1, -0.05) is 76.9 Å². The van der Waals surface area contributed by atoms with E-state index in [2.05, 4.69) is 50.9 Å². The third-order valence-corrected chi connectivity index (χ3v) is 5.72. The van der Waals surface area contributed by atoms with Crippen LogP contribution in [0.5, 0.6) is 0 Å². The van der Waals surface area contributed by atoms with E-state index in [1.807, 2.05) is 0 Å². The largest absolute Gasteiger partial charge is 0.356 e. The van der Waals surface area contributed by atoms with Crippen LogP contribution >= 0.6 is 0 Å². The van der Waals surface area contributed by atoms with Gasteiger partial charge in [0.05, 0.1) is 27.7 Å². The van der Waals surface area contributed by atoms with Gasteiger partial charge in [0.2, 0.25) is 5.91 Å². The van der Waals surface area contributed by atoms with Gasteiger partial charge >= 0.3 is 0 Å². The number of nitrogens with zero attached hydrogens (tertiary/aromatic N) is 1. The van der Waals surface area contributed by atoms with E-state index in [0.717, 1.165) is 37.1 Å². The Morgan fingerprint density at radius 3 is 1.81 bits per heavy atom. The number of unbranched alkanes of at least 4 members (excludes halogenated alkanes) is 12. The van der Waals surface area contributed by atoms with Crippen molar-refractivity contribution in [3.63, 3.8) is 0 Å². The highest BCUT2D eigenvalue weighted by atomic mass is 16.1. The fraction of sp³-hybridized carbons (Fsp3) is 0.889. The van der Waals surface area contributed by atoms with Crippen LogP contribution in [0.3, 0.4) is 0 Å². The molecule has 0 heterocycles. The van der Waals surface area contributed by atoms with E-state index >= 15 is 0 Å². The van der Waals surface area contributed by atoms with Gasteiger partial charge in [-0.25, -0.2) is 0 Å². The SMILES string of the molecule is CCCCCCCC/C=C\CCCCCCCCNCCC(=O)NCCC[N+](C)(C)C. The number of hydrogen-bond acceptors (Lipinski definition) is 2. The zero-order valence-electron chi connectivity index (χ0n) is 21.7. The Kier molecular flexibility index (Phi) is 21.7. The highest BCUT2D eigenvalue weighted by Gasteiger charge is 2.06. The minimum Gasteiger partial charge on any atom is -0.356 e. The maximum atomic E-state index is 11.8. The minimum absolute atomic E-state index is 0.176. The molecule has 184 valence electrons. The summed E-state index contributed by atoms with van der Waals surface area (Å²) < 4.78 is 0.952. The lowest BCUT2D eigenvalue weighted by atomic mass is 10.1. The van der Waals surface area contributed by atoms with Gasteiger partial charge in [0, 0.05) is 25.9 Å². The molecule has 0 aliphatic heterocycles. The number of carbonyl (C=O) groups excluding carboxylic acids is 1. The average Bonchev–Trinajstić information content (AvgIpc) is 2.72. The van der Waals surface area contributed by atoms with Crippen LogP contribution in [-0.2, 0) is 4.79 Å². The standard InChI is InChI=1S/C27H55N3O/c1-5-6-7-8-9-10-11-12-13-14-15-16-17-18-19-20-23-28-25-22-27(31)29-24-21-26-30(2,3)4/h12-13,28H,5-11,14-26H2,1-4H3/p+1/b13-12-. The number of rotatable bonds is 23. The molecule has 0 atom stereocenters. The maximum Gasteiger partial charge on any atom is 0.221 e. The summed E-state index contributed by atoms with van der Waals surface area (Å²) in [6, 6.07) is 0. The predicted octanol–water partition coefficient (Wildman–Crippen LogP) is 6.22. The molecule has 0 aromatic rings. The number of nitrogens with one attached hydrogen (secondary N) is 2. The molecule has 0 aliphatic rings. The highest BCUT2D eigenvalue weighted by molar-refractivity contribution is 5.75. The molecule has 0 fully saturated rings. The summed E-state index contributed by atoms with van der Waals surface area (Å²) in [6.07, 6.45) is 25.3. The van der Waals surface area contributed by atoms with E-state index in [1.165, 1.54) is 89.9 Å². The van der Waals surface area contributed by atoms with Gasteiger partial charge in [0.1, 0.15) is 0 Å². The van der Waals surface area contributed by atoms with Crippen LogP contribution in [0, 0.1) is 0 Å². The summed E-state index contributed by atoms with van der Waals surface area (Å²) in [7, 11) is 6.55. The Bertz CT molecular complexity index is 415. The normalized spacial score (nSPS) is 12.0. The molecule has 4 heteroatoms. The van der Waals surface area contributed by atoms with E-state index < -0.39 is 0 Å². The molecule has 0 unspecified atom stereocenters. The van der Waals surface area contributed by atoms with Crippen molar-refractivity contribution in [2.75, 3.05) is 47.3 Å². The summed E-state index contributed by atoms with van der Waals surface area (Å²) in [5, 5.41) is 6.43. The molecule has 0 aromatic heterocycles. The zero-order chi connectivity index (χ0) is 23.0. The minimum atomic E-state index is 0.176.